The van der Waals surface area contributed by atoms with E-state index in [9.17, 15) is 19.5 Å². The van der Waals surface area contributed by atoms with E-state index in [-0.39, 0.29) is 18.4 Å². The summed E-state index contributed by atoms with van der Waals surface area (Å²) in [6.45, 7) is 3.12. The number of carbonyl (C=O) groups excluding carboxylic acids is 2. The summed E-state index contributed by atoms with van der Waals surface area (Å²) in [5, 5.41) is 21.0. The lowest BCUT2D eigenvalue weighted by atomic mass is 9.91. The number of hydrogen-bond donors (Lipinski definition) is 2. The van der Waals surface area contributed by atoms with Gasteiger partial charge in [0.2, 0.25) is 5.91 Å². The van der Waals surface area contributed by atoms with Crippen LogP contribution in [0.5, 0.6) is 0 Å². The molecule has 1 aromatic rings. The van der Waals surface area contributed by atoms with Gasteiger partial charge in [-0.05, 0) is 49.4 Å². The van der Waals surface area contributed by atoms with Crippen LogP contribution in [-0.2, 0) is 9.59 Å². The Kier molecular flexibility index (Phi) is 5.83. The molecule has 2 aliphatic rings. The molecule has 8 heteroatoms. The number of urea groups is 1. The first kappa shape index (κ1) is 19.7. The Bertz CT molecular complexity index is 801. The normalized spacial score (nSPS) is 25.1. The van der Waals surface area contributed by atoms with Crippen molar-refractivity contribution in [3.8, 4) is 6.07 Å². The van der Waals surface area contributed by atoms with Crippen LogP contribution in [0.3, 0.4) is 0 Å². The molecular weight excluding hydrogens is 360 g/mol. The van der Waals surface area contributed by atoms with Gasteiger partial charge in [0.1, 0.15) is 6.04 Å². The van der Waals surface area contributed by atoms with Crippen LogP contribution in [0.1, 0.15) is 31.7 Å². The number of nitrogens with one attached hydrogen (secondary N) is 1. The average molecular weight is 384 g/mol. The minimum Gasteiger partial charge on any atom is -0.481 e. The molecule has 148 valence electrons. The molecule has 0 aromatic heterocycles. The van der Waals surface area contributed by atoms with E-state index in [2.05, 4.69) is 5.32 Å². The zero-order chi connectivity index (χ0) is 20.3. The molecule has 3 amide bonds. The van der Waals surface area contributed by atoms with Crippen molar-refractivity contribution in [3.05, 3.63) is 29.8 Å². The van der Waals surface area contributed by atoms with Crippen LogP contribution in [-0.4, -0.2) is 53.6 Å². The third kappa shape index (κ3) is 4.25. The van der Waals surface area contributed by atoms with Gasteiger partial charge in [-0.15, -0.1) is 0 Å². The van der Waals surface area contributed by atoms with Gasteiger partial charge in [-0.25, -0.2) is 4.79 Å². The second-order valence-electron chi connectivity index (χ2n) is 7.57. The van der Waals surface area contributed by atoms with E-state index >= 15 is 0 Å². The molecule has 0 bridgehead atoms. The van der Waals surface area contributed by atoms with Crippen molar-refractivity contribution in [1.82, 2.24) is 10.2 Å². The maximum atomic E-state index is 12.9. The molecule has 1 aromatic carbocycles. The number of aliphatic carboxylic acids is 1. The predicted molar refractivity (Wildman–Crippen MR) is 102 cm³/mol. The monoisotopic (exact) mass is 384 g/mol. The van der Waals surface area contributed by atoms with E-state index < -0.39 is 24.0 Å². The number of hydrogen-bond acceptors (Lipinski definition) is 4. The van der Waals surface area contributed by atoms with Gasteiger partial charge in [-0.3, -0.25) is 9.59 Å². The molecule has 3 unspecified atom stereocenters. The highest BCUT2D eigenvalue weighted by atomic mass is 16.4. The van der Waals surface area contributed by atoms with Crippen LogP contribution in [0.15, 0.2) is 24.3 Å². The lowest BCUT2D eigenvalue weighted by Gasteiger charge is -2.37. The number of likely N-dealkylation sites (tertiary alicyclic amines) is 1. The highest BCUT2D eigenvalue weighted by Gasteiger charge is 2.35. The smallest absolute Gasteiger partial charge is 0.318 e. The van der Waals surface area contributed by atoms with Gasteiger partial charge in [0.05, 0.1) is 17.6 Å². The zero-order valence-electron chi connectivity index (χ0n) is 15.8. The first-order valence-electron chi connectivity index (χ1n) is 9.49. The average Bonchev–Trinajstić information content (AvgIpc) is 2.69. The number of piperidine rings is 2. The minimum atomic E-state index is -0.898. The SMILES string of the molecule is CC1CC(C(=O)O)CN(C(=O)NC2CCCN(c3ccc(C#N)cc3)C2=O)C1. The lowest BCUT2D eigenvalue weighted by molar-refractivity contribution is -0.143. The van der Waals surface area contributed by atoms with Crippen LogP contribution >= 0.6 is 0 Å². The molecule has 0 spiro atoms. The van der Waals surface area contributed by atoms with Crippen molar-refractivity contribution in [3.63, 3.8) is 0 Å². The number of carbonyl (C=O) groups is 3. The maximum absolute atomic E-state index is 12.9. The fourth-order valence-corrected chi connectivity index (χ4v) is 3.92. The number of rotatable bonds is 3. The van der Waals surface area contributed by atoms with Gasteiger partial charge in [0, 0.05) is 25.3 Å². The summed E-state index contributed by atoms with van der Waals surface area (Å²) < 4.78 is 0. The minimum absolute atomic E-state index is 0.0952. The van der Waals surface area contributed by atoms with E-state index in [1.165, 1.54) is 4.90 Å². The van der Waals surface area contributed by atoms with E-state index in [0.29, 0.717) is 37.2 Å². The topological polar surface area (TPSA) is 114 Å². The Labute approximate surface area is 163 Å². The van der Waals surface area contributed by atoms with Gasteiger partial charge in [-0.2, -0.15) is 5.26 Å². The van der Waals surface area contributed by atoms with E-state index in [1.54, 1.807) is 29.2 Å². The third-order valence-corrected chi connectivity index (χ3v) is 5.34. The van der Waals surface area contributed by atoms with Crippen molar-refractivity contribution in [2.75, 3.05) is 24.5 Å². The van der Waals surface area contributed by atoms with Gasteiger partial charge < -0.3 is 20.2 Å². The molecular formula is C20H24N4O4. The summed E-state index contributed by atoms with van der Waals surface area (Å²) in [6, 6.07) is 7.79. The molecule has 0 aliphatic carbocycles. The largest absolute Gasteiger partial charge is 0.481 e. The summed E-state index contributed by atoms with van der Waals surface area (Å²) in [6.07, 6.45) is 1.84. The fourth-order valence-electron chi connectivity index (χ4n) is 3.92. The van der Waals surface area contributed by atoms with Gasteiger partial charge >= 0.3 is 12.0 Å². The number of carboxylic acids is 1. The van der Waals surface area contributed by atoms with Crippen molar-refractivity contribution >= 4 is 23.6 Å². The molecule has 8 nitrogen and oxygen atoms in total. The first-order chi connectivity index (χ1) is 13.4. The van der Waals surface area contributed by atoms with Gasteiger partial charge in [0.25, 0.3) is 0 Å². The molecule has 2 N–H and O–H groups in total. The number of nitrogens with zero attached hydrogens (tertiary/aromatic N) is 3. The van der Waals surface area contributed by atoms with E-state index in [1.807, 2.05) is 13.0 Å². The third-order valence-electron chi connectivity index (χ3n) is 5.34. The second-order valence-corrected chi connectivity index (χ2v) is 7.57. The zero-order valence-corrected chi connectivity index (χ0v) is 15.8. The molecule has 0 radical (unpaired) electrons. The molecule has 2 heterocycles. The van der Waals surface area contributed by atoms with Crippen molar-refractivity contribution < 1.29 is 19.5 Å². The molecule has 3 atom stereocenters. The summed E-state index contributed by atoms with van der Waals surface area (Å²) in [4.78, 5) is 40.0. The number of amides is 3. The molecule has 2 saturated heterocycles. The van der Waals surface area contributed by atoms with Crippen LogP contribution in [0.4, 0.5) is 10.5 Å². The molecule has 28 heavy (non-hydrogen) atoms. The highest BCUT2D eigenvalue weighted by molar-refractivity contribution is 5.99. The molecule has 0 saturated carbocycles. The number of nitriles is 1. The number of anilines is 1. The highest BCUT2D eigenvalue weighted by Crippen LogP contribution is 2.24. The molecule has 2 fully saturated rings. The van der Waals surface area contributed by atoms with Gasteiger partial charge in [-0.1, -0.05) is 6.92 Å². The quantitative estimate of drug-likeness (QED) is 0.825. The fraction of sp³-hybridized carbons (Fsp3) is 0.500. The molecule has 2 aliphatic heterocycles. The van der Waals surface area contributed by atoms with Crippen molar-refractivity contribution in [2.45, 2.75) is 32.2 Å². The summed E-state index contributed by atoms with van der Waals surface area (Å²) in [5.74, 6) is -1.57. The van der Waals surface area contributed by atoms with Crippen LogP contribution in [0, 0.1) is 23.2 Å². The summed E-state index contributed by atoms with van der Waals surface area (Å²) in [5.41, 5.74) is 1.21. The number of carboxylic acid groups (broad SMARTS) is 1. The Balaban J connectivity index is 1.66. The number of benzene rings is 1. The van der Waals surface area contributed by atoms with Crippen molar-refractivity contribution in [1.29, 1.82) is 5.26 Å². The Morgan fingerprint density at radius 1 is 1.25 bits per heavy atom. The predicted octanol–water partition coefficient (Wildman–Crippen LogP) is 1.81. The Morgan fingerprint density at radius 3 is 2.61 bits per heavy atom. The van der Waals surface area contributed by atoms with E-state index in [4.69, 9.17) is 5.26 Å². The van der Waals surface area contributed by atoms with Crippen molar-refractivity contribution in [2.24, 2.45) is 11.8 Å². The van der Waals surface area contributed by atoms with Crippen LogP contribution < -0.4 is 10.2 Å². The maximum Gasteiger partial charge on any atom is 0.318 e. The standard InChI is InChI=1S/C20H24N4O4/c1-13-9-15(19(26)27)12-23(11-13)20(28)22-17-3-2-8-24(18(17)25)16-6-4-14(10-21)5-7-16/h4-7,13,15,17H,2-3,8-9,11-12H2,1H3,(H,22,28)(H,26,27). The summed E-state index contributed by atoms with van der Waals surface area (Å²) >= 11 is 0. The Morgan fingerprint density at radius 2 is 1.96 bits per heavy atom. The van der Waals surface area contributed by atoms with Crippen LogP contribution in [0.2, 0.25) is 0 Å². The lowest BCUT2D eigenvalue weighted by Crippen LogP contribution is -2.57. The first-order valence-corrected chi connectivity index (χ1v) is 9.49. The van der Waals surface area contributed by atoms with Gasteiger partial charge in [0.15, 0.2) is 0 Å². The van der Waals surface area contributed by atoms with Crippen LogP contribution in [0.25, 0.3) is 0 Å². The second kappa shape index (κ2) is 8.30. The molecule has 3 rings (SSSR count). The Hall–Kier alpha value is -3.08. The summed E-state index contributed by atoms with van der Waals surface area (Å²) in [7, 11) is 0. The van der Waals surface area contributed by atoms with E-state index in [0.717, 1.165) is 6.42 Å².